The number of hydrogen-bond donors (Lipinski definition) is 0. The van der Waals surface area contributed by atoms with Crippen molar-refractivity contribution in [1.82, 2.24) is 4.90 Å². The Labute approximate surface area is 133 Å². The van der Waals surface area contributed by atoms with Gasteiger partial charge in [0.15, 0.2) is 0 Å². The second-order valence-electron chi connectivity index (χ2n) is 5.02. The first kappa shape index (κ1) is 22.3. The maximum absolute atomic E-state index is 5.65. The Morgan fingerprint density at radius 3 is 1.71 bits per heavy atom. The minimum Gasteiger partial charge on any atom is -0.497 e. The maximum Gasteiger partial charge on any atom is 0.0972 e. The van der Waals surface area contributed by atoms with Gasteiger partial charge in [0.2, 0.25) is 0 Å². The minimum absolute atomic E-state index is 0.399. The van der Waals surface area contributed by atoms with E-state index in [4.69, 9.17) is 4.74 Å². The summed E-state index contributed by atoms with van der Waals surface area (Å²) >= 11 is 0. The van der Waals surface area contributed by atoms with Crippen LogP contribution in [0.4, 0.5) is 0 Å². The van der Waals surface area contributed by atoms with Crippen LogP contribution in [0.1, 0.15) is 54.4 Å². The van der Waals surface area contributed by atoms with Crippen molar-refractivity contribution in [2.45, 2.75) is 54.4 Å². The average molecular weight is 296 g/mol. The summed E-state index contributed by atoms with van der Waals surface area (Å²) in [4.78, 5) is 2.41. The fourth-order valence-electron chi connectivity index (χ4n) is 2.40. The molecular weight excluding hydrogens is 258 g/mol. The number of ether oxygens (including phenoxy) is 1. The van der Waals surface area contributed by atoms with E-state index in [1.54, 1.807) is 12.2 Å². The van der Waals surface area contributed by atoms with Crippen molar-refractivity contribution in [3.05, 3.63) is 36.6 Å². The summed E-state index contributed by atoms with van der Waals surface area (Å²) in [5, 5.41) is 0. The van der Waals surface area contributed by atoms with Crippen LogP contribution in [0.5, 0.6) is 0 Å². The van der Waals surface area contributed by atoms with Crippen molar-refractivity contribution in [1.29, 1.82) is 0 Å². The first-order valence-corrected chi connectivity index (χ1v) is 8.28. The summed E-state index contributed by atoms with van der Waals surface area (Å²) in [7, 11) is 2.20. The normalized spacial score (nSPS) is 19.0. The van der Waals surface area contributed by atoms with Crippen LogP contribution in [0.2, 0.25) is 0 Å². The molecule has 0 radical (unpaired) electrons. The molecule has 0 aromatic heterocycles. The lowest BCUT2D eigenvalue weighted by Gasteiger charge is -2.37. The van der Waals surface area contributed by atoms with Crippen LogP contribution in [0.15, 0.2) is 36.6 Å². The van der Waals surface area contributed by atoms with Crippen LogP contribution < -0.4 is 0 Å². The van der Waals surface area contributed by atoms with Gasteiger partial charge < -0.3 is 9.64 Å². The zero-order valence-corrected chi connectivity index (χ0v) is 15.5. The highest BCUT2D eigenvalue weighted by molar-refractivity contribution is 5.21. The minimum atomic E-state index is 0.399. The van der Waals surface area contributed by atoms with Crippen LogP contribution in [-0.4, -0.2) is 31.6 Å². The summed E-state index contributed by atoms with van der Waals surface area (Å²) in [6, 6.07) is 0. The van der Waals surface area contributed by atoms with E-state index in [9.17, 15) is 0 Å². The monoisotopic (exact) mass is 295 g/mol. The van der Waals surface area contributed by atoms with Crippen LogP contribution in [0, 0.1) is 5.41 Å². The summed E-state index contributed by atoms with van der Waals surface area (Å²) in [6.45, 7) is 22.4. The number of rotatable bonds is 1. The van der Waals surface area contributed by atoms with Gasteiger partial charge in [0, 0.05) is 5.41 Å². The highest BCUT2D eigenvalue weighted by atomic mass is 16.5. The molecule has 124 valence electrons. The number of piperidine rings is 1. The van der Waals surface area contributed by atoms with Gasteiger partial charge in [-0.15, -0.1) is 0 Å². The Kier molecular flexibility index (Phi) is 13.5. The molecule has 2 heterocycles. The fourth-order valence-corrected chi connectivity index (χ4v) is 2.40. The molecule has 0 aromatic rings. The number of hydrogen-bond acceptors (Lipinski definition) is 2. The quantitative estimate of drug-likeness (QED) is 0.598. The van der Waals surface area contributed by atoms with E-state index in [0.29, 0.717) is 5.41 Å². The molecule has 2 nitrogen and oxygen atoms in total. The van der Waals surface area contributed by atoms with Gasteiger partial charge >= 0.3 is 0 Å². The standard InChI is InChI=1S/C11H19NO.C4H6.2C2H6/c1-9-10(2)13-8-11(9)4-6-12(3)7-5-11;1-3-4-2;2*1-2/h4-8H2,1-3H3;3-4H,1-2H2;2*1-2H3. The molecule has 2 heteroatoms. The number of allylic oxidation sites excluding steroid dienone is 3. The molecule has 0 aliphatic carbocycles. The first-order chi connectivity index (χ1) is 10.1. The Hall–Kier alpha value is -1.02. The molecule has 2 aliphatic rings. The van der Waals surface area contributed by atoms with Gasteiger partial charge in [0.25, 0.3) is 0 Å². The van der Waals surface area contributed by atoms with Gasteiger partial charge in [0.1, 0.15) is 0 Å². The third kappa shape index (κ3) is 6.99. The largest absolute Gasteiger partial charge is 0.497 e. The van der Waals surface area contributed by atoms with E-state index in [1.165, 1.54) is 37.3 Å². The molecule has 1 saturated heterocycles. The summed E-state index contributed by atoms with van der Waals surface area (Å²) < 4.78 is 5.65. The molecule has 0 amide bonds. The molecule has 1 fully saturated rings. The Morgan fingerprint density at radius 1 is 1.00 bits per heavy atom. The first-order valence-electron chi connectivity index (χ1n) is 8.28. The third-order valence-electron chi connectivity index (χ3n) is 4.00. The van der Waals surface area contributed by atoms with Gasteiger partial charge in [-0.3, -0.25) is 0 Å². The third-order valence-corrected chi connectivity index (χ3v) is 4.00. The zero-order valence-electron chi connectivity index (χ0n) is 15.5. The lowest BCUT2D eigenvalue weighted by molar-refractivity contribution is 0.0975. The van der Waals surface area contributed by atoms with Crippen LogP contribution in [-0.2, 0) is 4.74 Å². The molecule has 1 spiro atoms. The van der Waals surface area contributed by atoms with E-state index in [0.717, 1.165) is 6.61 Å². The lowest BCUT2D eigenvalue weighted by atomic mass is 9.74. The van der Waals surface area contributed by atoms with Gasteiger partial charge in [-0.1, -0.05) is 53.0 Å². The second kappa shape index (κ2) is 12.7. The summed E-state index contributed by atoms with van der Waals surface area (Å²) in [5.41, 5.74) is 1.90. The SMILES string of the molecule is C=CC=C.CC.CC.CC1=C(C)C2(CCN(C)CC2)CO1. The van der Waals surface area contributed by atoms with E-state index < -0.39 is 0 Å². The molecule has 2 rings (SSSR count). The van der Waals surface area contributed by atoms with Gasteiger partial charge in [-0.25, -0.2) is 0 Å². The van der Waals surface area contributed by atoms with E-state index in [-0.39, 0.29) is 0 Å². The fraction of sp³-hybridized carbons (Fsp3) is 0.684. The second-order valence-corrected chi connectivity index (χ2v) is 5.02. The predicted molar refractivity (Wildman–Crippen MR) is 96.6 cm³/mol. The molecule has 0 aromatic carbocycles. The maximum atomic E-state index is 5.65. The van der Waals surface area contributed by atoms with Crippen molar-refractivity contribution in [3.8, 4) is 0 Å². The Balaban J connectivity index is 0. The summed E-state index contributed by atoms with van der Waals surface area (Å²) in [6.07, 6.45) is 5.82. The predicted octanol–water partition coefficient (Wildman–Crippen LogP) is 5.43. The van der Waals surface area contributed by atoms with Crippen molar-refractivity contribution in [2.75, 3.05) is 26.7 Å². The van der Waals surface area contributed by atoms with E-state index in [2.05, 4.69) is 39.0 Å². The molecule has 0 N–H and O–H groups in total. The molecule has 2 aliphatic heterocycles. The van der Waals surface area contributed by atoms with Gasteiger partial charge in [0.05, 0.1) is 12.4 Å². The van der Waals surface area contributed by atoms with Crippen molar-refractivity contribution < 1.29 is 4.74 Å². The van der Waals surface area contributed by atoms with E-state index in [1.807, 2.05) is 27.7 Å². The molecule has 0 unspecified atom stereocenters. The Bertz CT molecular complexity index is 304. The Morgan fingerprint density at radius 2 is 1.43 bits per heavy atom. The van der Waals surface area contributed by atoms with Crippen LogP contribution in [0.25, 0.3) is 0 Å². The lowest BCUT2D eigenvalue weighted by Crippen LogP contribution is -2.39. The van der Waals surface area contributed by atoms with Gasteiger partial charge in [-0.2, -0.15) is 0 Å². The van der Waals surface area contributed by atoms with Crippen molar-refractivity contribution in [3.63, 3.8) is 0 Å². The average Bonchev–Trinajstić information content (AvgIpc) is 2.83. The van der Waals surface area contributed by atoms with E-state index >= 15 is 0 Å². The topological polar surface area (TPSA) is 12.5 Å². The summed E-state index contributed by atoms with van der Waals surface area (Å²) in [5.74, 6) is 1.17. The van der Waals surface area contributed by atoms with Crippen molar-refractivity contribution in [2.24, 2.45) is 5.41 Å². The number of likely N-dealkylation sites (tertiary alicyclic amines) is 1. The van der Waals surface area contributed by atoms with Crippen LogP contribution in [0.3, 0.4) is 0 Å². The van der Waals surface area contributed by atoms with Crippen molar-refractivity contribution >= 4 is 0 Å². The highest BCUT2D eigenvalue weighted by Gasteiger charge is 2.40. The number of nitrogens with zero attached hydrogens (tertiary/aromatic N) is 1. The molecular formula is C19H37NO. The molecule has 0 bridgehead atoms. The zero-order chi connectivity index (χ0) is 16.9. The molecule has 0 atom stereocenters. The highest BCUT2D eigenvalue weighted by Crippen LogP contribution is 2.44. The van der Waals surface area contributed by atoms with Gasteiger partial charge in [-0.05, 0) is 52.4 Å². The molecule has 0 saturated carbocycles. The van der Waals surface area contributed by atoms with Crippen LogP contribution >= 0.6 is 0 Å². The molecule has 21 heavy (non-hydrogen) atoms. The smallest absolute Gasteiger partial charge is 0.0972 e.